The first-order chi connectivity index (χ1) is 10.9. The fraction of sp³-hybridized carbons (Fsp3) is 0.176. The third-order valence-electron chi connectivity index (χ3n) is 3.83. The van der Waals surface area contributed by atoms with Crippen LogP contribution in [0.5, 0.6) is 0 Å². The van der Waals surface area contributed by atoms with Crippen molar-refractivity contribution in [2.24, 2.45) is 0 Å². The highest BCUT2D eigenvalue weighted by Crippen LogP contribution is 2.32. The fourth-order valence-corrected chi connectivity index (χ4v) is 3.55. The Morgan fingerprint density at radius 1 is 1.13 bits per heavy atom. The number of halogens is 1. The fourth-order valence-electron chi connectivity index (χ4n) is 2.61. The van der Waals surface area contributed by atoms with Crippen molar-refractivity contribution in [1.82, 2.24) is 9.47 Å². The molecule has 1 fully saturated rings. The molecule has 23 heavy (non-hydrogen) atoms. The van der Waals surface area contributed by atoms with E-state index in [4.69, 9.17) is 11.6 Å². The van der Waals surface area contributed by atoms with Crippen LogP contribution in [0, 0.1) is 13.8 Å². The number of carbonyl (C=O) groups is 2. The van der Waals surface area contributed by atoms with Crippen LogP contribution in [0.2, 0.25) is 5.02 Å². The summed E-state index contributed by atoms with van der Waals surface area (Å²) in [6.45, 7) is 3.99. The Morgan fingerprint density at radius 2 is 1.78 bits per heavy atom. The van der Waals surface area contributed by atoms with Gasteiger partial charge in [0.2, 0.25) is 0 Å². The van der Waals surface area contributed by atoms with E-state index in [-0.39, 0.29) is 11.1 Å². The van der Waals surface area contributed by atoms with Gasteiger partial charge in [-0.3, -0.25) is 14.5 Å². The molecule has 0 spiro atoms. The summed E-state index contributed by atoms with van der Waals surface area (Å²) in [6.07, 6.45) is 1.78. The second kappa shape index (κ2) is 5.91. The van der Waals surface area contributed by atoms with Crippen LogP contribution in [0.15, 0.2) is 35.2 Å². The molecule has 0 bridgehead atoms. The molecule has 0 atom stereocenters. The predicted molar refractivity (Wildman–Crippen MR) is 94.0 cm³/mol. The molecule has 0 N–H and O–H groups in total. The van der Waals surface area contributed by atoms with E-state index >= 15 is 0 Å². The molecule has 1 aliphatic heterocycles. The molecule has 0 unspecified atom stereocenters. The Bertz CT molecular complexity index is 837. The molecule has 0 radical (unpaired) electrons. The molecule has 0 saturated carbocycles. The monoisotopic (exact) mass is 346 g/mol. The minimum atomic E-state index is -0.253. The smallest absolute Gasteiger partial charge is 0.293 e. The van der Waals surface area contributed by atoms with Crippen LogP contribution >= 0.6 is 23.4 Å². The number of imide groups is 1. The third-order valence-corrected chi connectivity index (χ3v) is 5.04. The Balaban J connectivity index is 2.03. The summed E-state index contributed by atoms with van der Waals surface area (Å²) < 4.78 is 2.10. The minimum absolute atomic E-state index is 0.243. The van der Waals surface area contributed by atoms with Crippen LogP contribution in [0.25, 0.3) is 11.8 Å². The van der Waals surface area contributed by atoms with Crippen LogP contribution < -0.4 is 0 Å². The zero-order chi connectivity index (χ0) is 16.7. The molecule has 1 aliphatic rings. The number of likely N-dealkylation sites (N-methyl/N-ethyl adjacent to an activating group) is 1. The van der Waals surface area contributed by atoms with Gasteiger partial charge >= 0.3 is 0 Å². The highest BCUT2D eigenvalue weighted by atomic mass is 35.5. The molecule has 2 heterocycles. The first-order valence-corrected chi connectivity index (χ1v) is 8.24. The van der Waals surface area contributed by atoms with E-state index in [0.29, 0.717) is 9.93 Å². The molecule has 1 aromatic heterocycles. The van der Waals surface area contributed by atoms with E-state index in [0.717, 1.165) is 39.3 Å². The van der Waals surface area contributed by atoms with Gasteiger partial charge in [-0.1, -0.05) is 11.6 Å². The van der Waals surface area contributed by atoms with Gasteiger partial charge in [-0.2, -0.15) is 0 Å². The molecular weight excluding hydrogens is 332 g/mol. The Morgan fingerprint density at radius 3 is 2.35 bits per heavy atom. The summed E-state index contributed by atoms with van der Waals surface area (Å²) in [7, 11) is 1.50. The lowest BCUT2D eigenvalue weighted by Gasteiger charge is -2.09. The van der Waals surface area contributed by atoms with Gasteiger partial charge in [-0.15, -0.1) is 0 Å². The van der Waals surface area contributed by atoms with E-state index in [1.54, 1.807) is 6.08 Å². The number of amides is 2. The van der Waals surface area contributed by atoms with Crippen molar-refractivity contribution in [2.75, 3.05) is 7.05 Å². The number of aryl methyl sites for hydroxylation is 1. The largest absolute Gasteiger partial charge is 0.318 e. The number of aromatic nitrogens is 1. The van der Waals surface area contributed by atoms with Crippen molar-refractivity contribution in [2.45, 2.75) is 13.8 Å². The number of thioether (sulfide) groups is 1. The predicted octanol–water partition coefficient (Wildman–Crippen LogP) is 4.41. The average molecular weight is 347 g/mol. The summed E-state index contributed by atoms with van der Waals surface area (Å²) in [5.74, 6) is -0.253. The first-order valence-electron chi connectivity index (χ1n) is 7.05. The Kier molecular flexibility index (Phi) is 4.08. The van der Waals surface area contributed by atoms with E-state index in [1.165, 1.54) is 7.05 Å². The maximum absolute atomic E-state index is 12.0. The lowest BCUT2D eigenvalue weighted by Crippen LogP contribution is -2.22. The molecule has 3 rings (SSSR count). The zero-order valence-corrected chi connectivity index (χ0v) is 14.5. The van der Waals surface area contributed by atoms with E-state index in [9.17, 15) is 9.59 Å². The molecule has 4 nitrogen and oxygen atoms in total. The van der Waals surface area contributed by atoms with Gasteiger partial charge < -0.3 is 4.57 Å². The maximum atomic E-state index is 12.0. The van der Waals surface area contributed by atoms with Gasteiger partial charge in [0, 0.05) is 29.1 Å². The van der Waals surface area contributed by atoms with E-state index in [1.807, 2.05) is 44.2 Å². The van der Waals surface area contributed by atoms with Gasteiger partial charge in [0.15, 0.2) is 0 Å². The van der Waals surface area contributed by atoms with Gasteiger partial charge in [-0.25, -0.2) is 0 Å². The molecule has 0 aliphatic carbocycles. The molecule has 2 amide bonds. The third kappa shape index (κ3) is 2.82. The average Bonchev–Trinajstić information content (AvgIpc) is 2.92. The Hall–Kier alpha value is -1.98. The zero-order valence-electron chi connectivity index (χ0n) is 13.0. The number of rotatable bonds is 2. The molecule has 2 aromatic rings. The lowest BCUT2D eigenvalue weighted by molar-refractivity contribution is -0.121. The van der Waals surface area contributed by atoms with Crippen molar-refractivity contribution in [3.8, 4) is 5.69 Å². The van der Waals surface area contributed by atoms with Crippen molar-refractivity contribution in [3.05, 3.63) is 57.2 Å². The lowest BCUT2D eigenvalue weighted by atomic mass is 10.2. The summed E-state index contributed by atoms with van der Waals surface area (Å²) in [6, 6.07) is 9.60. The van der Waals surface area contributed by atoms with Crippen LogP contribution in [-0.4, -0.2) is 27.7 Å². The molecular formula is C17H15ClN2O2S. The molecule has 6 heteroatoms. The summed E-state index contributed by atoms with van der Waals surface area (Å²) >= 11 is 6.92. The first kappa shape index (κ1) is 15.9. The summed E-state index contributed by atoms with van der Waals surface area (Å²) in [5, 5.41) is 0.445. The topological polar surface area (TPSA) is 42.3 Å². The Labute approximate surface area is 143 Å². The van der Waals surface area contributed by atoms with Crippen LogP contribution in [-0.2, 0) is 4.79 Å². The van der Waals surface area contributed by atoms with Gasteiger partial charge in [-0.05, 0) is 67.6 Å². The minimum Gasteiger partial charge on any atom is -0.318 e. The number of benzene rings is 1. The SMILES string of the molecule is Cc1cc(/C=C2\SC(=O)N(C)C2=O)c(C)n1-c1ccc(Cl)cc1. The quantitative estimate of drug-likeness (QED) is 0.756. The summed E-state index contributed by atoms with van der Waals surface area (Å²) in [4.78, 5) is 25.2. The normalized spacial score (nSPS) is 16.7. The van der Waals surface area contributed by atoms with Crippen molar-refractivity contribution in [3.63, 3.8) is 0 Å². The summed E-state index contributed by atoms with van der Waals surface area (Å²) in [5.41, 5.74) is 3.99. The number of hydrogen-bond donors (Lipinski definition) is 0. The van der Waals surface area contributed by atoms with Crippen molar-refractivity contribution >= 4 is 40.6 Å². The molecule has 1 aromatic carbocycles. The molecule has 1 saturated heterocycles. The van der Waals surface area contributed by atoms with Gasteiger partial charge in [0.1, 0.15) is 0 Å². The molecule has 118 valence electrons. The van der Waals surface area contributed by atoms with Crippen molar-refractivity contribution in [1.29, 1.82) is 0 Å². The number of carbonyl (C=O) groups excluding carboxylic acids is 2. The highest BCUT2D eigenvalue weighted by Gasteiger charge is 2.32. The van der Waals surface area contributed by atoms with E-state index in [2.05, 4.69) is 4.57 Å². The highest BCUT2D eigenvalue weighted by molar-refractivity contribution is 8.18. The second-order valence-electron chi connectivity index (χ2n) is 5.38. The number of nitrogens with zero attached hydrogens (tertiary/aromatic N) is 2. The van der Waals surface area contributed by atoms with Crippen LogP contribution in [0.1, 0.15) is 17.0 Å². The second-order valence-corrected chi connectivity index (χ2v) is 6.81. The van der Waals surface area contributed by atoms with E-state index < -0.39 is 0 Å². The van der Waals surface area contributed by atoms with Gasteiger partial charge in [0.25, 0.3) is 11.1 Å². The van der Waals surface area contributed by atoms with Gasteiger partial charge in [0.05, 0.1) is 4.91 Å². The van der Waals surface area contributed by atoms with Crippen LogP contribution in [0.4, 0.5) is 4.79 Å². The van der Waals surface area contributed by atoms with Crippen molar-refractivity contribution < 1.29 is 9.59 Å². The maximum Gasteiger partial charge on any atom is 0.293 e. The van der Waals surface area contributed by atoms with Crippen LogP contribution in [0.3, 0.4) is 0 Å². The standard InChI is InChI=1S/C17H15ClN2O2S/c1-10-8-12(9-15-16(21)19(3)17(22)23-15)11(2)20(10)14-6-4-13(18)5-7-14/h4-9H,1-3H3/b15-9-. The number of hydrogen-bond acceptors (Lipinski definition) is 3.